The Labute approximate surface area is 129 Å². The lowest BCUT2D eigenvalue weighted by Gasteiger charge is -2.41. The van der Waals surface area contributed by atoms with Gasteiger partial charge in [-0.3, -0.25) is 0 Å². The molecule has 1 aromatic carbocycles. The standard InChI is InChI=1S/C18H31N3/c1-20(14-10-17-8-4-5-9-18(17)16-20)15-11-19-21(2)12-6-3-7-13-21/h4-5,8-9,19H,3,6-7,10-16H2,1-2H3/q+2. The number of nitrogens with one attached hydrogen (secondary N) is 1. The number of quaternary nitrogens is 2. The van der Waals surface area contributed by atoms with Gasteiger partial charge in [0, 0.05) is 12.0 Å². The van der Waals surface area contributed by atoms with Crippen LogP contribution >= 0.6 is 0 Å². The molecule has 2 heterocycles. The van der Waals surface area contributed by atoms with Gasteiger partial charge in [-0.05, 0) is 24.8 Å². The molecule has 0 aliphatic carbocycles. The van der Waals surface area contributed by atoms with Crippen LogP contribution in [0.1, 0.15) is 30.4 Å². The minimum absolute atomic E-state index is 1.08. The van der Waals surface area contributed by atoms with E-state index < -0.39 is 0 Å². The molecule has 0 saturated carbocycles. The predicted molar refractivity (Wildman–Crippen MR) is 87.5 cm³/mol. The van der Waals surface area contributed by atoms with Crippen LogP contribution in [0.5, 0.6) is 0 Å². The number of rotatable bonds is 4. The van der Waals surface area contributed by atoms with Crippen LogP contribution in [-0.2, 0) is 13.0 Å². The van der Waals surface area contributed by atoms with Gasteiger partial charge in [0.15, 0.2) is 0 Å². The Balaban J connectivity index is 1.53. The van der Waals surface area contributed by atoms with Crippen molar-refractivity contribution in [3.63, 3.8) is 0 Å². The molecule has 2 aliphatic heterocycles. The maximum Gasteiger partial charge on any atom is 0.104 e. The number of likely N-dealkylation sites (tertiary alicyclic amines) is 1. The van der Waals surface area contributed by atoms with E-state index in [2.05, 4.69) is 43.8 Å². The molecule has 3 nitrogen and oxygen atoms in total. The maximum atomic E-state index is 3.82. The Morgan fingerprint density at radius 3 is 2.43 bits per heavy atom. The molecule has 1 fully saturated rings. The summed E-state index contributed by atoms with van der Waals surface area (Å²) in [7, 11) is 4.79. The van der Waals surface area contributed by atoms with E-state index in [1.165, 1.54) is 62.9 Å². The lowest BCUT2D eigenvalue weighted by molar-refractivity contribution is -0.965. The van der Waals surface area contributed by atoms with Crippen LogP contribution < -0.4 is 5.43 Å². The smallest absolute Gasteiger partial charge is 0.104 e. The molecule has 1 N–H and O–H groups in total. The van der Waals surface area contributed by atoms with Gasteiger partial charge in [-0.2, -0.15) is 5.43 Å². The summed E-state index contributed by atoms with van der Waals surface area (Å²) in [4.78, 5) is 0. The summed E-state index contributed by atoms with van der Waals surface area (Å²) in [6.07, 6.45) is 5.41. The van der Waals surface area contributed by atoms with E-state index in [1.54, 1.807) is 11.1 Å². The second kappa shape index (κ2) is 6.07. The first kappa shape index (κ1) is 15.0. The molecule has 2 aliphatic rings. The van der Waals surface area contributed by atoms with E-state index in [4.69, 9.17) is 0 Å². The molecule has 1 aromatic rings. The molecule has 0 spiro atoms. The van der Waals surface area contributed by atoms with Crippen molar-refractivity contribution in [2.75, 3.05) is 46.8 Å². The normalized spacial score (nSPS) is 28.1. The Bertz CT molecular complexity index is 479. The third-order valence-electron chi connectivity index (χ3n) is 5.54. The molecule has 0 amide bonds. The largest absolute Gasteiger partial charge is 0.321 e. The molecule has 3 rings (SSSR count). The van der Waals surface area contributed by atoms with Crippen LogP contribution in [0.3, 0.4) is 0 Å². The van der Waals surface area contributed by atoms with Crippen molar-refractivity contribution >= 4 is 0 Å². The minimum Gasteiger partial charge on any atom is -0.321 e. The molecule has 1 unspecified atom stereocenters. The van der Waals surface area contributed by atoms with E-state index >= 15 is 0 Å². The summed E-state index contributed by atoms with van der Waals surface area (Å²) in [6.45, 7) is 7.44. The van der Waals surface area contributed by atoms with Crippen LogP contribution in [-0.4, -0.2) is 55.9 Å². The Hall–Kier alpha value is -0.900. The summed E-state index contributed by atoms with van der Waals surface area (Å²) in [5, 5.41) is 0. The van der Waals surface area contributed by atoms with Crippen molar-refractivity contribution in [1.82, 2.24) is 5.43 Å². The number of nitrogens with zero attached hydrogens (tertiary/aromatic N) is 2. The molecule has 116 valence electrons. The van der Waals surface area contributed by atoms with Gasteiger partial charge in [0.1, 0.15) is 6.54 Å². The van der Waals surface area contributed by atoms with Crippen molar-refractivity contribution in [2.24, 2.45) is 0 Å². The van der Waals surface area contributed by atoms with Gasteiger partial charge in [-0.1, -0.05) is 24.3 Å². The van der Waals surface area contributed by atoms with Crippen molar-refractivity contribution in [3.05, 3.63) is 35.4 Å². The number of piperidine rings is 1. The number of hydrogen-bond acceptors (Lipinski definition) is 1. The van der Waals surface area contributed by atoms with Crippen molar-refractivity contribution < 1.29 is 9.08 Å². The summed E-state index contributed by atoms with van der Waals surface area (Å²) in [5.74, 6) is 0. The maximum absolute atomic E-state index is 3.82. The third-order valence-corrected chi connectivity index (χ3v) is 5.54. The molecule has 1 saturated heterocycles. The topological polar surface area (TPSA) is 12.0 Å². The van der Waals surface area contributed by atoms with Crippen LogP contribution in [0, 0.1) is 0 Å². The zero-order valence-corrected chi connectivity index (χ0v) is 13.8. The average Bonchev–Trinajstić information content (AvgIpc) is 2.47. The zero-order chi connectivity index (χ0) is 14.8. The molecule has 1 atom stereocenters. The van der Waals surface area contributed by atoms with Crippen molar-refractivity contribution in [1.29, 1.82) is 0 Å². The number of likely N-dealkylation sites (N-methyl/N-ethyl adjacent to an activating group) is 1. The second-order valence-electron chi connectivity index (χ2n) is 7.56. The first-order chi connectivity index (χ1) is 10.1. The van der Waals surface area contributed by atoms with Gasteiger partial charge >= 0.3 is 0 Å². The SMILES string of the molecule is C[N+]1(CCN[N+]2(C)CCCCC2)CCc2ccccc2C1. The minimum atomic E-state index is 1.08. The summed E-state index contributed by atoms with van der Waals surface area (Å²) in [5.41, 5.74) is 6.94. The van der Waals surface area contributed by atoms with E-state index in [0.29, 0.717) is 0 Å². The number of fused-ring (bicyclic) bond motifs is 1. The van der Waals surface area contributed by atoms with Crippen LogP contribution in [0.4, 0.5) is 0 Å². The van der Waals surface area contributed by atoms with E-state index in [-0.39, 0.29) is 0 Å². The van der Waals surface area contributed by atoms with Gasteiger partial charge in [0.2, 0.25) is 0 Å². The van der Waals surface area contributed by atoms with Gasteiger partial charge in [-0.25, -0.2) is 4.59 Å². The second-order valence-corrected chi connectivity index (χ2v) is 7.56. The van der Waals surface area contributed by atoms with Gasteiger partial charge < -0.3 is 4.48 Å². The first-order valence-corrected chi connectivity index (χ1v) is 8.59. The molecule has 0 radical (unpaired) electrons. The lowest BCUT2D eigenvalue weighted by Crippen LogP contribution is -2.60. The Morgan fingerprint density at radius 1 is 0.952 bits per heavy atom. The molecule has 3 heteroatoms. The summed E-state index contributed by atoms with van der Waals surface area (Å²) in [6, 6.07) is 8.98. The fraction of sp³-hybridized carbons (Fsp3) is 0.667. The van der Waals surface area contributed by atoms with Crippen LogP contribution in [0.15, 0.2) is 24.3 Å². The van der Waals surface area contributed by atoms with Gasteiger partial charge in [0.05, 0.1) is 46.8 Å². The highest BCUT2D eigenvalue weighted by molar-refractivity contribution is 5.27. The summed E-state index contributed by atoms with van der Waals surface area (Å²) < 4.78 is 2.26. The molecule has 0 aromatic heterocycles. The fourth-order valence-corrected chi connectivity index (χ4v) is 3.99. The predicted octanol–water partition coefficient (Wildman–Crippen LogP) is 2.32. The monoisotopic (exact) mass is 289 g/mol. The van der Waals surface area contributed by atoms with Crippen LogP contribution in [0.25, 0.3) is 0 Å². The molecule has 0 bridgehead atoms. The molecule has 21 heavy (non-hydrogen) atoms. The van der Waals surface area contributed by atoms with E-state index in [9.17, 15) is 0 Å². The van der Waals surface area contributed by atoms with Crippen molar-refractivity contribution in [3.8, 4) is 0 Å². The zero-order valence-electron chi connectivity index (χ0n) is 13.8. The average molecular weight is 289 g/mol. The highest BCUT2D eigenvalue weighted by Gasteiger charge is 2.30. The number of hydrogen-bond donors (Lipinski definition) is 1. The summed E-state index contributed by atoms with van der Waals surface area (Å²) >= 11 is 0. The first-order valence-electron chi connectivity index (χ1n) is 8.59. The Morgan fingerprint density at radius 2 is 1.67 bits per heavy atom. The van der Waals surface area contributed by atoms with E-state index in [0.717, 1.165) is 11.1 Å². The molecular formula is C18H31N3+2. The highest BCUT2D eigenvalue weighted by Crippen LogP contribution is 2.23. The molecular weight excluding hydrogens is 258 g/mol. The van der Waals surface area contributed by atoms with Crippen LogP contribution in [0.2, 0.25) is 0 Å². The lowest BCUT2D eigenvalue weighted by atomic mass is 9.98. The fourth-order valence-electron chi connectivity index (χ4n) is 3.99. The highest BCUT2D eigenvalue weighted by atomic mass is 15.6. The Kier molecular flexibility index (Phi) is 4.34. The van der Waals surface area contributed by atoms with Crippen molar-refractivity contribution in [2.45, 2.75) is 32.2 Å². The third kappa shape index (κ3) is 3.65. The van der Waals surface area contributed by atoms with Gasteiger partial charge in [-0.15, -0.1) is 0 Å². The van der Waals surface area contributed by atoms with Gasteiger partial charge in [0.25, 0.3) is 0 Å². The number of benzene rings is 1. The quantitative estimate of drug-likeness (QED) is 0.839. The van der Waals surface area contributed by atoms with E-state index in [1.807, 2.05) is 0 Å².